The summed E-state index contributed by atoms with van der Waals surface area (Å²) >= 11 is 5.86. The van der Waals surface area contributed by atoms with Gasteiger partial charge in [-0.2, -0.15) is 0 Å². The Bertz CT molecular complexity index is 1060. The van der Waals surface area contributed by atoms with E-state index in [-0.39, 0.29) is 16.9 Å². The first kappa shape index (κ1) is 17.6. The molecule has 0 bridgehead atoms. The maximum Gasteiger partial charge on any atom is 0.178 e. The highest BCUT2D eigenvalue weighted by molar-refractivity contribution is 7.90. The Morgan fingerprint density at radius 2 is 1.72 bits per heavy atom. The van der Waals surface area contributed by atoms with E-state index in [4.69, 9.17) is 16.1 Å². The van der Waals surface area contributed by atoms with Crippen molar-refractivity contribution in [3.63, 3.8) is 0 Å². The van der Waals surface area contributed by atoms with Gasteiger partial charge in [0.2, 0.25) is 0 Å². The molecule has 4 nitrogen and oxygen atoms in total. The first-order valence-corrected chi connectivity index (χ1v) is 9.37. The Morgan fingerprint density at radius 1 is 1.08 bits per heavy atom. The molecule has 25 heavy (non-hydrogen) atoms. The van der Waals surface area contributed by atoms with E-state index < -0.39 is 26.4 Å². The number of aryl methyl sites for hydroxylation is 1. The maximum absolute atomic E-state index is 14.5. The molecule has 0 N–H and O–H groups in total. The quantitative estimate of drug-likeness (QED) is 0.660. The van der Waals surface area contributed by atoms with Crippen LogP contribution in [0.4, 0.5) is 8.78 Å². The SMILES string of the molecule is Cc1onc(-c2ccc(Cl)cc2)c1-c1cc(F)c(S(C)(=O)=O)cc1F. The summed E-state index contributed by atoms with van der Waals surface area (Å²) in [7, 11) is -3.89. The minimum absolute atomic E-state index is 0.131. The molecular weight excluding hydrogens is 372 g/mol. The van der Waals surface area contributed by atoms with Gasteiger partial charge in [-0.25, -0.2) is 17.2 Å². The fraction of sp³-hybridized carbons (Fsp3) is 0.118. The molecule has 0 aliphatic heterocycles. The van der Waals surface area contributed by atoms with E-state index in [0.717, 1.165) is 12.3 Å². The van der Waals surface area contributed by atoms with Crippen molar-refractivity contribution in [2.24, 2.45) is 0 Å². The zero-order valence-corrected chi connectivity index (χ0v) is 14.8. The summed E-state index contributed by atoms with van der Waals surface area (Å²) in [6.07, 6.45) is 0.814. The fourth-order valence-corrected chi connectivity index (χ4v) is 3.36. The lowest BCUT2D eigenvalue weighted by molar-refractivity contribution is 0.400. The lowest BCUT2D eigenvalue weighted by Crippen LogP contribution is -2.03. The molecule has 1 aromatic heterocycles. The Hall–Kier alpha value is -2.25. The molecule has 0 aliphatic rings. The normalized spacial score (nSPS) is 11.7. The van der Waals surface area contributed by atoms with Gasteiger partial charge in [0, 0.05) is 22.4 Å². The van der Waals surface area contributed by atoms with Gasteiger partial charge in [0.05, 0.1) is 5.56 Å². The zero-order valence-electron chi connectivity index (χ0n) is 13.2. The Balaban J connectivity index is 2.23. The molecule has 0 atom stereocenters. The van der Waals surface area contributed by atoms with Crippen LogP contribution in [0.1, 0.15) is 5.76 Å². The first-order valence-electron chi connectivity index (χ1n) is 7.10. The Kier molecular flexibility index (Phi) is 4.38. The van der Waals surface area contributed by atoms with Crippen LogP contribution >= 0.6 is 11.6 Å². The van der Waals surface area contributed by atoms with Crippen molar-refractivity contribution >= 4 is 21.4 Å². The lowest BCUT2D eigenvalue weighted by atomic mass is 9.99. The Morgan fingerprint density at radius 3 is 2.32 bits per heavy atom. The second-order valence-corrected chi connectivity index (χ2v) is 7.92. The number of rotatable bonds is 3. The van der Waals surface area contributed by atoms with E-state index in [1.165, 1.54) is 0 Å². The van der Waals surface area contributed by atoms with Crippen LogP contribution < -0.4 is 0 Å². The summed E-state index contributed by atoms with van der Waals surface area (Å²) in [6, 6.07) is 8.11. The molecule has 2 aromatic carbocycles. The topological polar surface area (TPSA) is 60.2 Å². The highest BCUT2D eigenvalue weighted by Gasteiger charge is 2.24. The zero-order chi connectivity index (χ0) is 18.4. The van der Waals surface area contributed by atoms with Crippen molar-refractivity contribution in [3.05, 3.63) is 58.8 Å². The van der Waals surface area contributed by atoms with Crippen LogP contribution in [0, 0.1) is 18.6 Å². The molecule has 0 aliphatic carbocycles. The summed E-state index contributed by atoms with van der Waals surface area (Å²) in [5.74, 6) is -1.65. The minimum Gasteiger partial charge on any atom is -0.360 e. The molecule has 0 saturated heterocycles. The number of nitrogens with zero attached hydrogens (tertiary/aromatic N) is 1. The number of hydrogen-bond donors (Lipinski definition) is 0. The third-order valence-electron chi connectivity index (χ3n) is 3.67. The van der Waals surface area contributed by atoms with Crippen LogP contribution in [0.2, 0.25) is 5.02 Å². The molecule has 0 fully saturated rings. The predicted molar refractivity (Wildman–Crippen MR) is 90.1 cm³/mol. The highest BCUT2D eigenvalue weighted by atomic mass is 35.5. The summed E-state index contributed by atoms with van der Waals surface area (Å²) in [5, 5.41) is 4.42. The van der Waals surface area contributed by atoms with Crippen molar-refractivity contribution in [3.8, 4) is 22.4 Å². The molecule has 130 valence electrons. The summed E-state index contributed by atoms with van der Waals surface area (Å²) < 4.78 is 57.0. The third kappa shape index (κ3) is 3.29. The van der Waals surface area contributed by atoms with Crippen molar-refractivity contribution < 1.29 is 21.7 Å². The standard InChI is InChI=1S/C17H12ClF2NO3S/c1-9-16(17(21-24-9)10-3-5-11(18)6-4-10)12-7-14(20)15(8-13(12)19)25(2,22)23/h3-8H,1-2H3. The first-order chi connectivity index (χ1) is 11.7. The van der Waals surface area contributed by atoms with E-state index in [1.807, 2.05) is 0 Å². The molecule has 8 heteroatoms. The van der Waals surface area contributed by atoms with Crippen molar-refractivity contribution in [1.29, 1.82) is 0 Å². The van der Waals surface area contributed by atoms with Crippen LogP contribution in [0.3, 0.4) is 0 Å². The lowest BCUT2D eigenvalue weighted by Gasteiger charge is -2.08. The molecule has 0 amide bonds. The third-order valence-corrected chi connectivity index (χ3v) is 5.03. The van der Waals surface area contributed by atoms with Crippen molar-refractivity contribution in [2.45, 2.75) is 11.8 Å². The van der Waals surface area contributed by atoms with E-state index in [0.29, 0.717) is 22.3 Å². The van der Waals surface area contributed by atoms with Crippen LogP contribution in [-0.2, 0) is 9.84 Å². The van der Waals surface area contributed by atoms with Crippen molar-refractivity contribution in [1.82, 2.24) is 5.16 Å². The monoisotopic (exact) mass is 383 g/mol. The molecule has 0 spiro atoms. The van der Waals surface area contributed by atoms with Gasteiger partial charge in [-0.1, -0.05) is 28.9 Å². The average Bonchev–Trinajstić information content (AvgIpc) is 2.90. The smallest absolute Gasteiger partial charge is 0.178 e. The molecular formula is C17H12ClF2NO3S. The van der Waals surface area contributed by atoms with Crippen LogP contribution in [0.25, 0.3) is 22.4 Å². The molecule has 3 rings (SSSR count). The molecule has 0 unspecified atom stereocenters. The van der Waals surface area contributed by atoms with Gasteiger partial charge in [-0.05, 0) is 31.2 Å². The maximum atomic E-state index is 14.5. The second-order valence-electron chi connectivity index (χ2n) is 5.50. The predicted octanol–water partition coefficient (Wildman–Crippen LogP) is 4.65. The highest BCUT2D eigenvalue weighted by Crippen LogP contribution is 2.37. The van der Waals surface area contributed by atoms with E-state index >= 15 is 0 Å². The van der Waals surface area contributed by atoms with Gasteiger partial charge in [0.15, 0.2) is 9.84 Å². The molecule has 0 radical (unpaired) electrons. The number of hydrogen-bond acceptors (Lipinski definition) is 4. The van der Waals surface area contributed by atoms with Gasteiger partial charge in [0.25, 0.3) is 0 Å². The van der Waals surface area contributed by atoms with E-state index in [1.54, 1.807) is 31.2 Å². The molecule has 1 heterocycles. The van der Waals surface area contributed by atoms with Crippen molar-refractivity contribution in [2.75, 3.05) is 6.26 Å². The van der Waals surface area contributed by atoms with Gasteiger partial charge < -0.3 is 4.52 Å². The minimum atomic E-state index is -3.89. The van der Waals surface area contributed by atoms with Crippen LogP contribution in [0.15, 0.2) is 45.8 Å². The van der Waals surface area contributed by atoms with E-state index in [2.05, 4.69) is 5.16 Å². The molecule has 0 saturated carbocycles. The van der Waals surface area contributed by atoms with Gasteiger partial charge in [-0.15, -0.1) is 0 Å². The summed E-state index contributed by atoms with van der Waals surface area (Å²) in [4.78, 5) is -0.698. The average molecular weight is 384 g/mol. The van der Waals surface area contributed by atoms with Gasteiger partial charge >= 0.3 is 0 Å². The number of aromatic nitrogens is 1. The second kappa shape index (κ2) is 6.24. The molecule has 3 aromatic rings. The number of halogens is 3. The van der Waals surface area contributed by atoms with Crippen LogP contribution in [0.5, 0.6) is 0 Å². The van der Waals surface area contributed by atoms with Gasteiger partial charge in [0.1, 0.15) is 28.0 Å². The van der Waals surface area contributed by atoms with Gasteiger partial charge in [-0.3, -0.25) is 0 Å². The fourth-order valence-electron chi connectivity index (χ4n) is 2.50. The summed E-state index contributed by atoms with van der Waals surface area (Å²) in [6.45, 7) is 1.56. The number of sulfone groups is 1. The summed E-state index contributed by atoms with van der Waals surface area (Å²) in [5.41, 5.74) is 1.02. The van der Waals surface area contributed by atoms with E-state index in [9.17, 15) is 17.2 Å². The largest absolute Gasteiger partial charge is 0.360 e. The van der Waals surface area contributed by atoms with Crippen LogP contribution in [-0.4, -0.2) is 19.8 Å². The Labute approximate surface area is 148 Å². The number of benzene rings is 2.